The van der Waals surface area contributed by atoms with Crippen molar-refractivity contribution in [3.05, 3.63) is 53.6 Å². The molecule has 2 rings (SSSR count). The van der Waals surface area contributed by atoms with E-state index in [1.807, 2.05) is 18.3 Å². The average molecular weight is 231 g/mol. The van der Waals surface area contributed by atoms with Crippen LogP contribution in [0.25, 0.3) is 0 Å². The van der Waals surface area contributed by atoms with Gasteiger partial charge in [0.1, 0.15) is 5.82 Å². The second-order valence-electron chi connectivity index (χ2n) is 3.94. The number of aromatic amines is 1. The van der Waals surface area contributed by atoms with Gasteiger partial charge in [0.15, 0.2) is 0 Å². The molecule has 4 nitrogen and oxygen atoms in total. The van der Waals surface area contributed by atoms with Crippen LogP contribution >= 0.6 is 0 Å². The number of aliphatic hydroxyl groups is 1. The van der Waals surface area contributed by atoms with Gasteiger partial charge in [-0.15, -0.1) is 0 Å². The van der Waals surface area contributed by atoms with Crippen LogP contribution in [-0.2, 0) is 19.6 Å². The van der Waals surface area contributed by atoms with Gasteiger partial charge in [0, 0.05) is 12.4 Å². The van der Waals surface area contributed by atoms with E-state index in [-0.39, 0.29) is 6.61 Å². The molecule has 17 heavy (non-hydrogen) atoms. The predicted molar refractivity (Wildman–Crippen MR) is 66.4 cm³/mol. The first-order valence-electron chi connectivity index (χ1n) is 5.76. The molecule has 0 unspecified atom stereocenters. The quantitative estimate of drug-likeness (QED) is 0.655. The number of nitrogens with zero attached hydrogens (tertiary/aromatic N) is 1. The molecule has 0 saturated heterocycles. The van der Waals surface area contributed by atoms with Gasteiger partial charge in [-0.05, 0) is 24.1 Å². The molecular formula is C13H17N3O. The van der Waals surface area contributed by atoms with Gasteiger partial charge in [-0.1, -0.05) is 24.3 Å². The predicted octanol–water partition coefficient (Wildman–Crippen LogP) is 1.23. The number of hydrogen-bond acceptors (Lipinski definition) is 3. The Bertz CT molecular complexity index is 422. The van der Waals surface area contributed by atoms with E-state index in [1.54, 1.807) is 6.20 Å². The molecule has 1 heterocycles. The van der Waals surface area contributed by atoms with Crippen LogP contribution in [0.4, 0.5) is 0 Å². The topological polar surface area (TPSA) is 60.9 Å². The van der Waals surface area contributed by atoms with E-state index in [4.69, 9.17) is 5.11 Å². The number of aliphatic hydroxyl groups excluding tert-OH is 1. The van der Waals surface area contributed by atoms with Crippen molar-refractivity contribution in [2.45, 2.75) is 19.6 Å². The highest BCUT2D eigenvalue weighted by molar-refractivity contribution is 5.22. The standard InChI is InChI=1S/C13H17N3O/c17-10-12-3-1-11(2-4-12)5-6-14-9-13-15-7-8-16-13/h1-4,7-8,14,17H,5-6,9-10H2,(H,15,16). The van der Waals surface area contributed by atoms with Crippen LogP contribution in [0.15, 0.2) is 36.7 Å². The van der Waals surface area contributed by atoms with Crippen molar-refractivity contribution in [3.8, 4) is 0 Å². The molecular weight excluding hydrogens is 214 g/mol. The van der Waals surface area contributed by atoms with Gasteiger partial charge in [-0.3, -0.25) is 0 Å². The first-order valence-corrected chi connectivity index (χ1v) is 5.76. The van der Waals surface area contributed by atoms with Crippen molar-refractivity contribution in [2.24, 2.45) is 0 Å². The van der Waals surface area contributed by atoms with Gasteiger partial charge >= 0.3 is 0 Å². The Hall–Kier alpha value is -1.65. The molecule has 0 aliphatic rings. The second kappa shape index (κ2) is 6.18. The molecule has 0 radical (unpaired) electrons. The van der Waals surface area contributed by atoms with Gasteiger partial charge in [0.25, 0.3) is 0 Å². The van der Waals surface area contributed by atoms with Crippen molar-refractivity contribution in [3.63, 3.8) is 0 Å². The Morgan fingerprint density at radius 1 is 1.18 bits per heavy atom. The fourth-order valence-corrected chi connectivity index (χ4v) is 1.65. The van der Waals surface area contributed by atoms with Crippen LogP contribution in [0.2, 0.25) is 0 Å². The van der Waals surface area contributed by atoms with E-state index in [1.165, 1.54) is 5.56 Å². The van der Waals surface area contributed by atoms with Crippen molar-refractivity contribution in [1.82, 2.24) is 15.3 Å². The lowest BCUT2D eigenvalue weighted by Gasteiger charge is -2.04. The number of H-pyrrole nitrogens is 1. The maximum Gasteiger partial charge on any atom is 0.120 e. The highest BCUT2D eigenvalue weighted by atomic mass is 16.3. The highest BCUT2D eigenvalue weighted by Gasteiger charge is 1.96. The third kappa shape index (κ3) is 3.69. The van der Waals surface area contributed by atoms with Crippen LogP contribution in [0.1, 0.15) is 17.0 Å². The van der Waals surface area contributed by atoms with Gasteiger partial charge < -0.3 is 15.4 Å². The molecule has 0 bridgehead atoms. The zero-order valence-electron chi connectivity index (χ0n) is 9.69. The number of hydrogen-bond donors (Lipinski definition) is 3. The third-order valence-corrected chi connectivity index (χ3v) is 2.64. The molecule has 0 atom stereocenters. The smallest absolute Gasteiger partial charge is 0.120 e. The highest BCUT2D eigenvalue weighted by Crippen LogP contribution is 2.04. The average Bonchev–Trinajstić information content (AvgIpc) is 2.88. The van der Waals surface area contributed by atoms with E-state index in [0.29, 0.717) is 0 Å². The van der Waals surface area contributed by atoms with Crippen LogP contribution in [0, 0.1) is 0 Å². The van der Waals surface area contributed by atoms with Gasteiger partial charge in [-0.2, -0.15) is 0 Å². The van der Waals surface area contributed by atoms with Crippen LogP contribution in [0.5, 0.6) is 0 Å². The fourth-order valence-electron chi connectivity index (χ4n) is 1.65. The summed E-state index contributed by atoms with van der Waals surface area (Å²) in [5, 5.41) is 12.2. The zero-order valence-corrected chi connectivity index (χ0v) is 9.69. The summed E-state index contributed by atoms with van der Waals surface area (Å²) in [6.45, 7) is 1.79. The number of imidazole rings is 1. The Morgan fingerprint density at radius 3 is 2.59 bits per heavy atom. The van der Waals surface area contributed by atoms with Crippen LogP contribution < -0.4 is 5.32 Å². The lowest BCUT2D eigenvalue weighted by atomic mass is 10.1. The maximum absolute atomic E-state index is 8.93. The third-order valence-electron chi connectivity index (χ3n) is 2.64. The lowest BCUT2D eigenvalue weighted by Crippen LogP contribution is -2.17. The molecule has 2 aromatic rings. The van der Waals surface area contributed by atoms with Crippen molar-refractivity contribution >= 4 is 0 Å². The summed E-state index contributed by atoms with van der Waals surface area (Å²) in [5.74, 6) is 0.959. The molecule has 0 aliphatic carbocycles. The maximum atomic E-state index is 8.93. The largest absolute Gasteiger partial charge is 0.392 e. The monoisotopic (exact) mass is 231 g/mol. The number of benzene rings is 1. The first-order chi connectivity index (χ1) is 8.38. The molecule has 0 aliphatic heterocycles. The number of rotatable bonds is 6. The summed E-state index contributed by atoms with van der Waals surface area (Å²) < 4.78 is 0. The fraction of sp³-hybridized carbons (Fsp3) is 0.308. The minimum Gasteiger partial charge on any atom is -0.392 e. The Kier molecular flexibility index (Phi) is 4.30. The Morgan fingerprint density at radius 2 is 1.94 bits per heavy atom. The van der Waals surface area contributed by atoms with Gasteiger partial charge in [0.2, 0.25) is 0 Å². The summed E-state index contributed by atoms with van der Waals surface area (Å²) >= 11 is 0. The molecule has 0 fully saturated rings. The van der Waals surface area contributed by atoms with E-state index in [0.717, 1.165) is 30.9 Å². The minimum atomic E-state index is 0.108. The van der Waals surface area contributed by atoms with E-state index >= 15 is 0 Å². The second-order valence-corrected chi connectivity index (χ2v) is 3.94. The summed E-state index contributed by atoms with van der Waals surface area (Å²) in [6, 6.07) is 8.03. The molecule has 1 aromatic carbocycles. The lowest BCUT2D eigenvalue weighted by molar-refractivity contribution is 0.282. The van der Waals surface area contributed by atoms with Crippen LogP contribution in [-0.4, -0.2) is 21.6 Å². The zero-order chi connectivity index (χ0) is 11.9. The van der Waals surface area contributed by atoms with Crippen molar-refractivity contribution in [1.29, 1.82) is 0 Å². The summed E-state index contributed by atoms with van der Waals surface area (Å²) in [4.78, 5) is 7.19. The van der Waals surface area contributed by atoms with Crippen molar-refractivity contribution < 1.29 is 5.11 Å². The van der Waals surface area contributed by atoms with Gasteiger partial charge in [-0.25, -0.2) is 4.98 Å². The summed E-state index contributed by atoms with van der Waals surface area (Å²) in [7, 11) is 0. The van der Waals surface area contributed by atoms with E-state index in [9.17, 15) is 0 Å². The number of aromatic nitrogens is 2. The van der Waals surface area contributed by atoms with Crippen molar-refractivity contribution in [2.75, 3.05) is 6.54 Å². The van der Waals surface area contributed by atoms with E-state index in [2.05, 4.69) is 27.4 Å². The molecule has 4 heteroatoms. The Labute approximate surface area is 101 Å². The molecule has 0 amide bonds. The van der Waals surface area contributed by atoms with Gasteiger partial charge in [0.05, 0.1) is 13.2 Å². The minimum absolute atomic E-state index is 0.108. The SMILES string of the molecule is OCc1ccc(CCNCc2ncc[nH]2)cc1. The Balaban J connectivity index is 1.70. The first kappa shape index (κ1) is 11.8. The molecule has 0 saturated carbocycles. The summed E-state index contributed by atoms with van der Waals surface area (Å²) in [5.41, 5.74) is 2.23. The molecule has 0 spiro atoms. The molecule has 1 aromatic heterocycles. The molecule has 90 valence electrons. The van der Waals surface area contributed by atoms with E-state index < -0.39 is 0 Å². The molecule has 3 N–H and O–H groups in total. The summed E-state index contributed by atoms with van der Waals surface area (Å²) in [6.07, 6.45) is 4.56. The number of nitrogens with one attached hydrogen (secondary N) is 2. The normalized spacial score (nSPS) is 10.6. The van der Waals surface area contributed by atoms with Crippen LogP contribution in [0.3, 0.4) is 0 Å².